The van der Waals surface area contributed by atoms with Crippen molar-refractivity contribution in [1.29, 1.82) is 0 Å². The van der Waals surface area contributed by atoms with E-state index < -0.39 is 0 Å². The van der Waals surface area contributed by atoms with Crippen molar-refractivity contribution in [3.05, 3.63) is 70.1 Å². The van der Waals surface area contributed by atoms with Gasteiger partial charge in [-0.1, -0.05) is 24.9 Å². The van der Waals surface area contributed by atoms with Gasteiger partial charge in [-0.05, 0) is 62.2 Å². The molecular weight excluding hydrogens is 460 g/mol. The molecule has 0 spiro atoms. The van der Waals surface area contributed by atoms with Gasteiger partial charge in [0.2, 0.25) is 0 Å². The Morgan fingerprint density at radius 3 is 2.63 bits per heavy atom. The maximum Gasteiger partial charge on any atom is 0.273 e. The number of hydrogen-bond acceptors (Lipinski definition) is 5. The van der Waals surface area contributed by atoms with Crippen LogP contribution in [-0.4, -0.2) is 44.7 Å². The minimum Gasteiger partial charge on any atom is -0.388 e. The molecule has 35 heavy (non-hydrogen) atoms. The number of fused-ring (bicyclic) bond motifs is 1. The van der Waals surface area contributed by atoms with Gasteiger partial charge in [-0.3, -0.25) is 9.48 Å². The lowest BCUT2D eigenvalue weighted by atomic mass is 10.0. The van der Waals surface area contributed by atoms with E-state index in [1.165, 1.54) is 5.56 Å². The van der Waals surface area contributed by atoms with E-state index in [0.29, 0.717) is 34.0 Å². The number of halogens is 1. The standard InChI is InChI=1S/C27H31ClN6O/c1-6-8-18-11-19(13-22(12-18)29-4)26-31-24-10-9-21(28)14-23(24)25(32-26)27(35)33(5)16-20-15-30-34(7-2)17(20)3/h9-15,29H,6-8,16H2,1-5H3. The number of aryl methyl sites for hydroxylation is 2. The van der Waals surface area contributed by atoms with E-state index in [4.69, 9.17) is 21.6 Å². The van der Waals surface area contributed by atoms with Gasteiger partial charge in [-0.25, -0.2) is 9.97 Å². The Balaban J connectivity index is 1.79. The number of carbonyl (C=O) groups is 1. The largest absolute Gasteiger partial charge is 0.388 e. The zero-order valence-electron chi connectivity index (χ0n) is 20.9. The van der Waals surface area contributed by atoms with E-state index in [0.717, 1.165) is 41.9 Å². The average Bonchev–Trinajstić information content (AvgIpc) is 3.21. The van der Waals surface area contributed by atoms with Crippen LogP contribution in [0.15, 0.2) is 42.6 Å². The maximum atomic E-state index is 13.7. The summed E-state index contributed by atoms with van der Waals surface area (Å²) in [6, 6.07) is 11.6. The molecule has 0 radical (unpaired) electrons. The van der Waals surface area contributed by atoms with Crippen molar-refractivity contribution in [2.45, 2.75) is 46.7 Å². The highest BCUT2D eigenvalue weighted by Crippen LogP contribution is 2.28. The first-order chi connectivity index (χ1) is 16.8. The number of anilines is 1. The first kappa shape index (κ1) is 24.7. The van der Waals surface area contributed by atoms with Crippen LogP contribution in [0.5, 0.6) is 0 Å². The fourth-order valence-electron chi connectivity index (χ4n) is 4.26. The van der Waals surface area contributed by atoms with E-state index >= 15 is 0 Å². The summed E-state index contributed by atoms with van der Waals surface area (Å²) in [4.78, 5) is 24.9. The molecular formula is C27H31ClN6O. The van der Waals surface area contributed by atoms with Gasteiger partial charge >= 0.3 is 0 Å². The Kier molecular flexibility index (Phi) is 7.36. The monoisotopic (exact) mass is 490 g/mol. The van der Waals surface area contributed by atoms with Crippen molar-refractivity contribution in [3.8, 4) is 11.4 Å². The molecule has 4 aromatic rings. The zero-order valence-corrected chi connectivity index (χ0v) is 21.6. The van der Waals surface area contributed by atoms with E-state index in [9.17, 15) is 4.79 Å². The number of amides is 1. The van der Waals surface area contributed by atoms with Crippen molar-refractivity contribution >= 4 is 34.1 Å². The highest BCUT2D eigenvalue weighted by atomic mass is 35.5. The number of aromatic nitrogens is 4. The van der Waals surface area contributed by atoms with Gasteiger partial charge in [-0.2, -0.15) is 5.10 Å². The molecule has 2 heterocycles. The van der Waals surface area contributed by atoms with Gasteiger partial charge in [0.15, 0.2) is 5.82 Å². The first-order valence-electron chi connectivity index (χ1n) is 11.9. The van der Waals surface area contributed by atoms with Crippen molar-refractivity contribution in [2.24, 2.45) is 0 Å². The maximum absolute atomic E-state index is 13.7. The lowest BCUT2D eigenvalue weighted by Gasteiger charge is -2.18. The fourth-order valence-corrected chi connectivity index (χ4v) is 4.43. The number of rotatable bonds is 8. The predicted molar refractivity (Wildman–Crippen MR) is 142 cm³/mol. The molecule has 0 aliphatic carbocycles. The van der Waals surface area contributed by atoms with Crippen molar-refractivity contribution in [3.63, 3.8) is 0 Å². The van der Waals surface area contributed by atoms with Crippen LogP contribution in [-0.2, 0) is 19.5 Å². The Hall–Kier alpha value is -3.45. The normalized spacial score (nSPS) is 11.1. The van der Waals surface area contributed by atoms with E-state index in [-0.39, 0.29) is 5.91 Å². The Morgan fingerprint density at radius 1 is 1.14 bits per heavy atom. The zero-order chi connectivity index (χ0) is 25.1. The molecule has 0 saturated carbocycles. The second kappa shape index (κ2) is 10.4. The number of benzene rings is 2. The van der Waals surface area contributed by atoms with Gasteiger partial charge in [0.1, 0.15) is 5.69 Å². The minimum absolute atomic E-state index is 0.192. The van der Waals surface area contributed by atoms with Crippen LogP contribution in [0.4, 0.5) is 5.69 Å². The van der Waals surface area contributed by atoms with Crippen molar-refractivity contribution in [2.75, 3.05) is 19.4 Å². The molecule has 0 fully saturated rings. The van der Waals surface area contributed by atoms with Gasteiger partial charge in [0.05, 0.1) is 11.7 Å². The van der Waals surface area contributed by atoms with Crippen LogP contribution < -0.4 is 5.32 Å². The summed E-state index contributed by atoms with van der Waals surface area (Å²) in [6.07, 6.45) is 3.80. The average molecular weight is 491 g/mol. The molecule has 0 saturated heterocycles. The second-order valence-electron chi connectivity index (χ2n) is 8.71. The summed E-state index contributed by atoms with van der Waals surface area (Å²) in [6.45, 7) is 7.44. The number of nitrogens with zero attached hydrogens (tertiary/aromatic N) is 5. The minimum atomic E-state index is -0.192. The molecule has 4 rings (SSSR count). The molecule has 1 N–H and O–H groups in total. The van der Waals surface area contributed by atoms with Crippen LogP contribution in [0.2, 0.25) is 5.02 Å². The van der Waals surface area contributed by atoms with Crippen LogP contribution in [0, 0.1) is 6.92 Å². The van der Waals surface area contributed by atoms with Crippen LogP contribution in [0.25, 0.3) is 22.3 Å². The number of nitrogens with one attached hydrogen (secondary N) is 1. The molecule has 0 atom stereocenters. The molecule has 182 valence electrons. The van der Waals surface area contributed by atoms with E-state index in [1.54, 1.807) is 24.1 Å². The molecule has 0 aliphatic heterocycles. The topological polar surface area (TPSA) is 75.9 Å². The summed E-state index contributed by atoms with van der Waals surface area (Å²) in [7, 11) is 3.68. The lowest BCUT2D eigenvalue weighted by Crippen LogP contribution is -2.27. The van der Waals surface area contributed by atoms with Crippen molar-refractivity contribution in [1.82, 2.24) is 24.6 Å². The smallest absolute Gasteiger partial charge is 0.273 e. The second-order valence-corrected chi connectivity index (χ2v) is 9.14. The number of hydrogen-bond donors (Lipinski definition) is 1. The van der Waals surface area contributed by atoms with Crippen molar-refractivity contribution < 1.29 is 4.79 Å². The molecule has 0 unspecified atom stereocenters. The van der Waals surface area contributed by atoms with Crippen LogP contribution in [0.3, 0.4) is 0 Å². The van der Waals surface area contributed by atoms with Crippen LogP contribution in [0.1, 0.15) is 47.6 Å². The highest BCUT2D eigenvalue weighted by molar-refractivity contribution is 6.31. The molecule has 1 amide bonds. The van der Waals surface area contributed by atoms with E-state index in [2.05, 4.69) is 29.5 Å². The summed E-state index contributed by atoms with van der Waals surface area (Å²) in [5, 5.41) is 8.80. The molecule has 2 aromatic heterocycles. The van der Waals surface area contributed by atoms with Gasteiger partial charge in [-0.15, -0.1) is 0 Å². The van der Waals surface area contributed by atoms with Gasteiger partial charge in [0, 0.05) is 60.1 Å². The molecule has 7 nitrogen and oxygen atoms in total. The quantitative estimate of drug-likeness (QED) is 0.340. The third kappa shape index (κ3) is 5.15. The van der Waals surface area contributed by atoms with E-state index in [1.807, 2.05) is 43.9 Å². The first-order valence-corrected chi connectivity index (χ1v) is 12.3. The number of carbonyl (C=O) groups excluding carboxylic acids is 1. The summed E-state index contributed by atoms with van der Waals surface area (Å²) in [5.74, 6) is 0.323. The lowest BCUT2D eigenvalue weighted by molar-refractivity contribution is 0.0781. The molecule has 8 heteroatoms. The third-order valence-corrected chi connectivity index (χ3v) is 6.43. The van der Waals surface area contributed by atoms with Gasteiger partial charge in [0.25, 0.3) is 5.91 Å². The Morgan fingerprint density at radius 2 is 1.94 bits per heavy atom. The Bertz CT molecular complexity index is 1380. The predicted octanol–water partition coefficient (Wildman–Crippen LogP) is 5.74. The summed E-state index contributed by atoms with van der Waals surface area (Å²) >= 11 is 6.30. The summed E-state index contributed by atoms with van der Waals surface area (Å²) in [5.41, 5.74) is 6.12. The Labute approximate surface area is 211 Å². The third-order valence-electron chi connectivity index (χ3n) is 6.20. The molecule has 0 aliphatic rings. The molecule has 0 bridgehead atoms. The van der Waals surface area contributed by atoms with Gasteiger partial charge < -0.3 is 10.2 Å². The summed E-state index contributed by atoms with van der Waals surface area (Å²) < 4.78 is 1.92. The van der Waals surface area contributed by atoms with Crippen LogP contribution >= 0.6 is 11.6 Å². The molecule has 2 aromatic carbocycles. The SMILES string of the molecule is CCCc1cc(NC)cc(-c2nc(C(=O)N(C)Cc3cnn(CC)c3C)c3cc(Cl)ccc3n2)c1. The highest BCUT2D eigenvalue weighted by Gasteiger charge is 2.21. The fraction of sp³-hybridized carbons (Fsp3) is 0.333.